The van der Waals surface area contributed by atoms with Crippen LogP contribution in [0.2, 0.25) is 0 Å². The van der Waals surface area contributed by atoms with Crippen molar-refractivity contribution in [2.24, 2.45) is 11.8 Å². The van der Waals surface area contributed by atoms with Crippen molar-refractivity contribution in [2.75, 3.05) is 0 Å². The zero-order valence-electron chi connectivity index (χ0n) is 15.8. The molecular formula is C20H38O4. The molecule has 0 heterocycles. The fourth-order valence-corrected chi connectivity index (χ4v) is 3.18. The third-order valence-electron chi connectivity index (χ3n) is 4.82. The molecule has 4 nitrogen and oxygen atoms in total. The SMILES string of the molecule is CCCCCCCCCCCC(C)CCCC(CC(=O)O)C(=O)O. The second-order valence-corrected chi connectivity index (χ2v) is 7.29. The van der Waals surface area contributed by atoms with Crippen molar-refractivity contribution in [1.82, 2.24) is 0 Å². The largest absolute Gasteiger partial charge is 0.481 e. The molecule has 0 fully saturated rings. The lowest BCUT2D eigenvalue weighted by Gasteiger charge is -2.13. The molecule has 0 aromatic heterocycles. The molecule has 0 aromatic rings. The van der Waals surface area contributed by atoms with Crippen molar-refractivity contribution in [3.63, 3.8) is 0 Å². The average Bonchev–Trinajstić information content (AvgIpc) is 2.51. The maximum absolute atomic E-state index is 11.0. The van der Waals surface area contributed by atoms with Gasteiger partial charge in [-0.1, -0.05) is 90.9 Å². The lowest BCUT2D eigenvalue weighted by molar-refractivity contribution is -0.148. The highest BCUT2D eigenvalue weighted by Crippen LogP contribution is 2.20. The van der Waals surface area contributed by atoms with Crippen LogP contribution >= 0.6 is 0 Å². The lowest BCUT2D eigenvalue weighted by Crippen LogP contribution is -2.18. The van der Waals surface area contributed by atoms with E-state index in [2.05, 4.69) is 13.8 Å². The molecule has 2 atom stereocenters. The summed E-state index contributed by atoms with van der Waals surface area (Å²) in [6.45, 7) is 4.47. The highest BCUT2D eigenvalue weighted by atomic mass is 16.4. The Morgan fingerprint density at radius 3 is 1.75 bits per heavy atom. The highest BCUT2D eigenvalue weighted by molar-refractivity contribution is 5.77. The Kier molecular flexibility index (Phi) is 14.8. The number of hydrogen-bond acceptors (Lipinski definition) is 2. The van der Waals surface area contributed by atoms with E-state index in [1.807, 2.05) is 0 Å². The van der Waals surface area contributed by atoms with Gasteiger partial charge in [-0.05, 0) is 12.3 Å². The van der Waals surface area contributed by atoms with E-state index in [0.717, 1.165) is 12.8 Å². The van der Waals surface area contributed by atoms with Crippen LogP contribution < -0.4 is 0 Å². The van der Waals surface area contributed by atoms with Crippen molar-refractivity contribution >= 4 is 11.9 Å². The first-order chi connectivity index (χ1) is 11.5. The predicted octanol–water partition coefficient (Wildman–Crippen LogP) is 5.89. The van der Waals surface area contributed by atoms with Crippen LogP contribution in [0, 0.1) is 11.8 Å². The smallest absolute Gasteiger partial charge is 0.307 e. The van der Waals surface area contributed by atoms with Gasteiger partial charge in [-0.15, -0.1) is 0 Å². The summed E-state index contributed by atoms with van der Waals surface area (Å²) in [5, 5.41) is 17.7. The Morgan fingerprint density at radius 2 is 1.25 bits per heavy atom. The summed E-state index contributed by atoms with van der Waals surface area (Å²) in [7, 11) is 0. The number of unbranched alkanes of at least 4 members (excludes halogenated alkanes) is 8. The van der Waals surface area contributed by atoms with E-state index in [0.29, 0.717) is 12.3 Å². The molecule has 0 aromatic carbocycles. The third-order valence-corrected chi connectivity index (χ3v) is 4.82. The Hall–Kier alpha value is -1.06. The summed E-state index contributed by atoms with van der Waals surface area (Å²) in [4.78, 5) is 21.7. The molecule has 4 heteroatoms. The van der Waals surface area contributed by atoms with E-state index in [1.165, 1.54) is 64.2 Å². The molecule has 0 bridgehead atoms. The number of rotatable bonds is 17. The summed E-state index contributed by atoms with van der Waals surface area (Å²) in [5.74, 6) is -2.13. The third kappa shape index (κ3) is 14.5. The van der Waals surface area contributed by atoms with E-state index in [1.54, 1.807) is 0 Å². The van der Waals surface area contributed by atoms with Crippen LogP contribution in [0.1, 0.15) is 104 Å². The maximum atomic E-state index is 11.0. The minimum Gasteiger partial charge on any atom is -0.481 e. The molecule has 142 valence electrons. The molecule has 0 aliphatic rings. The van der Waals surface area contributed by atoms with E-state index in [9.17, 15) is 9.59 Å². The van der Waals surface area contributed by atoms with E-state index in [-0.39, 0.29) is 6.42 Å². The molecule has 0 radical (unpaired) electrons. The highest BCUT2D eigenvalue weighted by Gasteiger charge is 2.20. The summed E-state index contributed by atoms with van der Waals surface area (Å²) >= 11 is 0. The van der Waals surface area contributed by atoms with Crippen LogP contribution in [0.25, 0.3) is 0 Å². The normalized spacial score (nSPS) is 13.6. The van der Waals surface area contributed by atoms with Crippen molar-refractivity contribution in [3.05, 3.63) is 0 Å². The maximum Gasteiger partial charge on any atom is 0.307 e. The molecule has 0 amide bonds. The molecule has 0 aliphatic heterocycles. The second kappa shape index (κ2) is 15.5. The molecule has 0 rings (SSSR count). The molecule has 24 heavy (non-hydrogen) atoms. The molecule has 2 N–H and O–H groups in total. The van der Waals surface area contributed by atoms with Gasteiger partial charge in [-0.3, -0.25) is 9.59 Å². The number of aliphatic carboxylic acids is 2. The number of carbonyl (C=O) groups is 2. The van der Waals surface area contributed by atoms with Gasteiger partial charge in [0.05, 0.1) is 12.3 Å². The van der Waals surface area contributed by atoms with Crippen LogP contribution in [0.15, 0.2) is 0 Å². The first-order valence-corrected chi connectivity index (χ1v) is 9.92. The Labute approximate surface area is 148 Å². The lowest BCUT2D eigenvalue weighted by atomic mass is 9.92. The monoisotopic (exact) mass is 342 g/mol. The van der Waals surface area contributed by atoms with E-state index in [4.69, 9.17) is 10.2 Å². The topological polar surface area (TPSA) is 74.6 Å². The Balaban J connectivity index is 3.53. The van der Waals surface area contributed by atoms with Gasteiger partial charge >= 0.3 is 11.9 Å². The van der Waals surface area contributed by atoms with Gasteiger partial charge in [0.25, 0.3) is 0 Å². The van der Waals surface area contributed by atoms with Gasteiger partial charge in [-0.25, -0.2) is 0 Å². The van der Waals surface area contributed by atoms with Gasteiger partial charge in [0.1, 0.15) is 0 Å². The standard InChI is InChI=1S/C20H38O4/c1-3-4-5-6-7-8-9-10-11-13-17(2)14-12-15-18(20(23)24)16-19(21)22/h17-18H,3-16H2,1-2H3,(H,21,22)(H,23,24). The molecule has 0 spiro atoms. The number of carboxylic acids is 2. The van der Waals surface area contributed by atoms with Gasteiger partial charge < -0.3 is 10.2 Å². The van der Waals surface area contributed by atoms with Crippen LogP contribution in [0.4, 0.5) is 0 Å². The number of carboxylic acid groups (broad SMARTS) is 2. The zero-order chi connectivity index (χ0) is 18.2. The Morgan fingerprint density at radius 1 is 0.750 bits per heavy atom. The van der Waals surface area contributed by atoms with Gasteiger partial charge in [0, 0.05) is 0 Å². The summed E-state index contributed by atoms with van der Waals surface area (Å²) < 4.78 is 0. The number of hydrogen-bond donors (Lipinski definition) is 2. The first kappa shape index (κ1) is 22.9. The molecule has 0 aliphatic carbocycles. The summed E-state index contributed by atoms with van der Waals surface area (Å²) in [6, 6.07) is 0. The van der Waals surface area contributed by atoms with Crippen molar-refractivity contribution in [2.45, 2.75) is 104 Å². The zero-order valence-corrected chi connectivity index (χ0v) is 15.8. The van der Waals surface area contributed by atoms with Gasteiger partial charge in [0.2, 0.25) is 0 Å². The molecular weight excluding hydrogens is 304 g/mol. The van der Waals surface area contributed by atoms with Crippen molar-refractivity contribution < 1.29 is 19.8 Å². The minimum absolute atomic E-state index is 0.262. The Bertz CT molecular complexity index is 328. The average molecular weight is 343 g/mol. The fraction of sp³-hybridized carbons (Fsp3) is 0.900. The van der Waals surface area contributed by atoms with Crippen LogP contribution in [-0.2, 0) is 9.59 Å². The quantitative estimate of drug-likeness (QED) is 0.323. The summed E-state index contributed by atoms with van der Waals surface area (Å²) in [5.41, 5.74) is 0. The van der Waals surface area contributed by atoms with Crippen LogP contribution in [0.3, 0.4) is 0 Å². The second-order valence-electron chi connectivity index (χ2n) is 7.29. The van der Waals surface area contributed by atoms with Crippen molar-refractivity contribution in [3.8, 4) is 0 Å². The van der Waals surface area contributed by atoms with E-state index < -0.39 is 17.9 Å². The molecule has 2 unspecified atom stereocenters. The predicted molar refractivity (Wildman–Crippen MR) is 98.2 cm³/mol. The first-order valence-electron chi connectivity index (χ1n) is 9.92. The van der Waals surface area contributed by atoms with E-state index >= 15 is 0 Å². The summed E-state index contributed by atoms with van der Waals surface area (Å²) in [6.07, 6.45) is 15.3. The molecule has 0 saturated heterocycles. The van der Waals surface area contributed by atoms with Crippen LogP contribution in [-0.4, -0.2) is 22.2 Å². The minimum atomic E-state index is -1.02. The fourth-order valence-electron chi connectivity index (χ4n) is 3.18. The van der Waals surface area contributed by atoms with Crippen molar-refractivity contribution in [1.29, 1.82) is 0 Å². The molecule has 0 saturated carbocycles. The van der Waals surface area contributed by atoms with Crippen LogP contribution in [0.5, 0.6) is 0 Å². The van der Waals surface area contributed by atoms with Gasteiger partial charge in [0.15, 0.2) is 0 Å². The van der Waals surface area contributed by atoms with Gasteiger partial charge in [-0.2, -0.15) is 0 Å².